The molecule has 1 aromatic rings. The molecule has 1 amide bonds. The molecule has 0 aliphatic heterocycles. The number of benzene rings is 1. The van der Waals surface area contributed by atoms with Gasteiger partial charge in [-0.2, -0.15) is 0 Å². The lowest BCUT2D eigenvalue weighted by atomic mass is 10.2. The summed E-state index contributed by atoms with van der Waals surface area (Å²) in [6.07, 6.45) is 0. The van der Waals surface area contributed by atoms with Crippen molar-refractivity contribution >= 4 is 24.0 Å². The van der Waals surface area contributed by atoms with E-state index in [1.54, 1.807) is 7.11 Å². The SMILES string of the molecule is COCCNCC(=O)Nc1ccc(OC(C)(C)C)cc1.Cl. The molecule has 5 nitrogen and oxygen atoms in total. The van der Waals surface area contributed by atoms with Gasteiger partial charge >= 0.3 is 0 Å². The number of nitrogens with one attached hydrogen (secondary N) is 2. The Morgan fingerprint density at radius 3 is 2.33 bits per heavy atom. The average molecular weight is 317 g/mol. The van der Waals surface area contributed by atoms with Gasteiger partial charge in [0.15, 0.2) is 0 Å². The van der Waals surface area contributed by atoms with Crippen molar-refractivity contribution in [3.05, 3.63) is 24.3 Å². The molecule has 0 spiro atoms. The van der Waals surface area contributed by atoms with Crippen LogP contribution < -0.4 is 15.4 Å². The molecule has 0 aromatic heterocycles. The van der Waals surface area contributed by atoms with E-state index in [0.717, 1.165) is 11.4 Å². The van der Waals surface area contributed by atoms with Crippen LogP contribution in [0.15, 0.2) is 24.3 Å². The van der Waals surface area contributed by atoms with Gasteiger partial charge in [0.2, 0.25) is 5.91 Å². The Labute approximate surface area is 132 Å². The van der Waals surface area contributed by atoms with E-state index < -0.39 is 0 Å². The zero-order chi connectivity index (χ0) is 15.0. The minimum absolute atomic E-state index is 0. The van der Waals surface area contributed by atoms with Crippen LogP contribution >= 0.6 is 12.4 Å². The summed E-state index contributed by atoms with van der Waals surface area (Å²) in [6.45, 7) is 7.50. The molecule has 0 unspecified atom stereocenters. The quantitative estimate of drug-likeness (QED) is 0.759. The van der Waals surface area contributed by atoms with Gasteiger partial charge in [0.25, 0.3) is 0 Å². The molecular weight excluding hydrogens is 292 g/mol. The summed E-state index contributed by atoms with van der Waals surface area (Å²) in [5.41, 5.74) is 0.528. The van der Waals surface area contributed by atoms with Crippen LogP contribution in [-0.4, -0.2) is 38.3 Å². The van der Waals surface area contributed by atoms with Gasteiger partial charge in [-0.25, -0.2) is 0 Å². The van der Waals surface area contributed by atoms with Gasteiger partial charge in [-0.15, -0.1) is 12.4 Å². The predicted octanol–water partition coefficient (Wildman–Crippen LogP) is 2.46. The molecule has 0 saturated heterocycles. The second-order valence-corrected chi connectivity index (χ2v) is 5.46. The Kier molecular flexibility index (Phi) is 9.01. The fraction of sp³-hybridized carbons (Fsp3) is 0.533. The third kappa shape index (κ3) is 9.28. The average Bonchev–Trinajstić information content (AvgIpc) is 2.35. The van der Waals surface area contributed by atoms with Gasteiger partial charge in [-0.1, -0.05) is 0 Å². The first-order valence-corrected chi connectivity index (χ1v) is 6.69. The summed E-state index contributed by atoms with van der Waals surface area (Å²) in [4.78, 5) is 11.6. The summed E-state index contributed by atoms with van der Waals surface area (Å²) in [5, 5.41) is 5.80. The van der Waals surface area contributed by atoms with Crippen molar-refractivity contribution in [3.8, 4) is 5.75 Å². The number of anilines is 1. The monoisotopic (exact) mass is 316 g/mol. The van der Waals surface area contributed by atoms with E-state index in [-0.39, 0.29) is 30.5 Å². The number of rotatable bonds is 7. The van der Waals surface area contributed by atoms with E-state index in [1.807, 2.05) is 45.0 Å². The second-order valence-electron chi connectivity index (χ2n) is 5.46. The summed E-state index contributed by atoms with van der Waals surface area (Å²) >= 11 is 0. The van der Waals surface area contributed by atoms with Gasteiger partial charge in [-0.05, 0) is 45.0 Å². The topological polar surface area (TPSA) is 59.6 Å². The molecule has 0 bridgehead atoms. The molecule has 120 valence electrons. The Bertz CT molecular complexity index is 416. The Balaban J connectivity index is 0.00000400. The molecular formula is C15H25ClN2O3. The van der Waals surface area contributed by atoms with E-state index in [0.29, 0.717) is 13.2 Å². The Morgan fingerprint density at radius 1 is 1.19 bits per heavy atom. The first kappa shape index (κ1) is 19.7. The molecule has 6 heteroatoms. The highest BCUT2D eigenvalue weighted by Gasteiger charge is 2.11. The largest absolute Gasteiger partial charge is 0.488 e. The highest BCUT2D eigenvalue weighted by molar-refractivity contribution is 5.92. The number of hydrogen-bond acceptors (Lipinski definition) is 4. The first-order valence-electron chi connectivity index (χ1n) is 6.69. The number of carbonyl (C=O) groups excluding carboxylic acids is 1. The minimum Gasteiger partial charge on any atom is -0.488 e. The van der Waals surface area contributed by atoms with Crippen LogP contribution in [0.3, 0.4) is 0 Å². The summed E-state index contributed by atoms with van der Waals surface area (Å²) in [5.74, 6) is 0.708. The van der Waals surface area contributed by atoms with E-state index in [2.05, 4.69) is 10.6 Å². The number of carbonyl (C=O) groups is 1. The summed E-state index contributed by atoms with van der Waals surface area (Å²) in [6, 6.07) is 7.35. The van der Waals surface area contributed by atoms with Gasteiger partial charge in [-0.3, -0.25) is 4.79 Å². The molecule has 0 heterocycles. The molecule has 21 heavy (non-hydrogen) atoms. The van der Waals surface area contributed by atoms with Crippen molar-refractivity contribution in [2.75, 3.05) is 32.1 Å². The van der Waals surface area contributed by atoms with E-state index in [4.69, 9.17) is 9.47 Å². The van der Waals surface area contributed by atoms with Crippen molar-refractivity contribution < 1.29 is 14.3 Å². The van der Waals surface area contributed by atoms with E-state index in [9.17, 15) is 4.79 Å². The van der Waals surface area contributed by atoms with Gasteiger partial charge in [0.1, 0.15) is 11.4 Å². The number of methoxy groups -OCH3 is 1. The van der Waals surface area contributed by atoms with Crippen LogP contribution in [0.4, 0.5) is 5.69 Å². The molecule has 0 saturated carbocycles. The van der Waals surface area contributed by atoms with Crippen LogP contribution in [0.1, 0.15) is 20.8 Å². The maximum Gasteiger partial charge on any atom is 0.238 e. The third-order valence-corrected chi connectivity index (χ3v) is 2.33. The fourth-order valence-electron chi connectivity index (χ4n) is 1.54. The number of hydrogen-bond donors (Lipinski definition) is 2. The van der Waals surface area contributed by atoms with Crippen molar-refractivity contribution in [3.63, 3.8) is 0 Å². The Morgan fingerprint density at radius 2 is 1.81 bits per heavy atom. The van der Waals surface area contributed by atoms with Crippen LogP contribution in [0.25, 0.3) is 0 Å². The highest BCUT2D eigenvalue weighted by atomic mass is 35.5. The van der Waals surface area contributed by atoms with Crippen LogP contribution in [0, 0.1) is 0 Å². The Hall–Kier alpha value is -1.30. The standard InChI is InChI=1S/C15H24N2O3.ClH/c1-15(2,3)20-13-7-5-12(6-8-13)17-14(18)11-16-9-10-19-4;/h5-8,16H,9-11H2,1-4H3,(H,17,18);1H. The lowest BCUT2D eigenvalue weighted by Gasteiger charge is -2.21. The minimum atomic E-state index is -0.226. The normalized spacial score (nSPS) is 10.7. The molecule has 0 aliphatic rings. The van der Waals surface area contributed by atoms with Crippen molar-refractivity contribution in [1.82, 2.24) is 5.32 Å². The summed E-state index contributed by atoms with van der Waals surface area (Å²) < 4.78 is 10.6. The lowest BCUT2D eigenvalue weighted by Crippen LogP contribution is -2.30. The zero-order valence-electron chi connectivity index (χ0n) is 13.1. The van der Waals surface area contributed by atoms with Crippen LogP contribution in [0.2, 0.25) is 0 Å². The van der Waals surface area contributed by atoms with E-state index >= 15 is 0 Å². The highest BCUT2D eigenvalue weighted by Crippen LogP contribution is 2.20. The van der Waals surface area contributed by atoms with Crippen molar-refractivity contribution in [1.29, 1.82) is 0 Å². The fourth-order valence-corrected chi connectivity index (χ4v) is 1.54. The molecule has 0 aliphatic carbocycles. The van der Waals surface area contributed by atoms with Gasteiger partial charge < -0.3 is 20.1 Å². The zero-order valence-corrected chi connectivity index (χ0v) is 13.9. The van der Waals surface area contributed by atoms with Crippen LogP contribution in [0.5, 0.6) is 5.75 Å². The molecule has 1 aromatic carbocycles. The molecule has 2 N–H and O–H groups in total. The maximum absolute atomic E-state index is 11.6. The number of ether oxygens (including phenoxy) is 2. The van der Waals surface area contributed by atoms with Crippen LogP contribution in [-0.2, 0) is 9.53 Å². The molecule has 0 fully saturated rings. The first-order chi connectivity index (χ1) is 9.40. The number of amides is 1. The van der Waals surface area contributed by atoms with Gasteiger partial charge in [0.05, 0.1) is 13.2 Å². The lowest BCUT2D eigenvalue weighted by molar-refractivity contribution is -0.115. The maximum atomic E-state index is 11.6. The molecule has 0 radical (unpaired) electrons. The smallest absolute Gasteiger partial charge is 0.238 e. The molecule has 1 rings (SSSR count). The summed E-state index contributed by atoms with van der Waals surface area (Å²) in [7, 11) is 1.63. The third-order valence-electron chi connectivity index (χ3n) is 2.33. The molecule has 0 atom stereocenters. The van der Waals surface area contributed by atoms with Crippen molar-refractivity contribution in [2.45, 2.75) is 26.4 Å². The van der Waals surface area contributed by atoms with E-state index in [1.165, 1.54) is 0 Å². The second kappa shape index (κ2) is 9.60. The van der Waals surface area contributed by atoms with Crippen molar-refractivity contribution in [2.24, 2.45) is 0 Å². The predicted molar refractivity (Wildman–Crippen MR) is 87.4 cm³/mol. The number of halogens is 1. The van der Waals surface area contributed by atoms with Gasteiger partial charge in [0, 0.05) is 19.3 Å².